The van der Waals surface area contributed by atoms with Crippen molar-refractivity contribution in [1.82, 2.24) is 24.3 Å². The van der Waals surface area contributed by atoms with Gasteiger partial charge in [0.05, 0.1) is 25.2 Å². The summed E-state index contributed by atoms with van der Waals surface area (Å²) in [6.07, 6.45) is 3.23. The second-order valence-corrected chi connectivity index (χ2v) is 15.0. The van der Waals surface area contributed by atoms with Crippen molar-refractivity contribution in [3.63, 3.8) is 0 Å². The Balaban J connectivity index is 1.19. The Kier molecular flexibility index (Phi) is 10.9. The molecule has 2 aliphatic rings. The molecule has 6 rings (SSSR count). The van der Waals surface area contributed by atoms with Gasteiger partial charge in [-0.25, -0.2) is 8.42 Å². The number of rotatable bonds is 13. The van der Waals surface area contributed by atoms with E-state index in [1.54, 1.807) is 13.2 Å². The van der Waals surface area contributed by atoms with Gasteiger partial charge in [-0.2, -0.15) is 9.40 Å². The van der Waals surface area contributed by atoms with Crippen molar-refractivity contribution in [2.24, 2.45) is 0 Å². The lowest BCUT2D eigenvalue weighted by molar-refractivity contribution is 0.0955. The van der Waals surface area contributed by atoms with Gasteiger partial charge in [0.2, 0.25) is 10.0 Å². The predicted octanol–water partition coefficient (Wildman–Crippen LogP) is 4.50. The Bertz CT molecular complexity index is 1900. The van der Waals surface area contributed by atoms with Crippen molar-refractivity contribution in [3.05, 3.63) is 88.6 Å². The zero-order chi connectivity index (χ0) is 34.5. The number of anilines is 1. The molecule has 0 radical (unpaired) electrons. The monoisotopic (exact) mass is 706 g/mol. The number of likely N-dealkylation sites (tertiary alicyclic amines) is 1. The van der Waals surface area contributed by atoms with Gasteiger partial charge < -0.3 is 25.4 Å². The summed E-state index contributed by atoms with van der Waals surface area (Å²) in [7, 11) is -1.76. The molecular formula is C36H43ClN6O5S. The molecule has 13 heteroatoms. The number of aryl methyl sites for hydroxylation is 1. The molecule has 0 aliphatic carbocycles. The van der Waals surface area contributed by atoms with Gasteiger partial charge >= 0.3 is 0 Å². The predicted molar refractivity (Wildman–Crippen MR) is 193 cm³/mol. The number of amides is 1. The number of aliphatic hydroxyl groups excluding tert-OH is 1. The second kappa shape index (κ2) is 15.3. The lowest BCUT2D eigenvalue weighted by Crippen LogP contribution is -2.35. The molecule has 49 heavy (non-hydrogen) atoms. The van der Waals surface area contributed by atoms with Gasteiger partial charge in [0.1, 0.15) is 5.75 Å². The van der Waals surface area contributed by atoms with Crippen LogP contribution in [0.25, 0.3) is 22.4 Å². The van der Waals surface area contributed by atoms with Gasteiger partial charge in [-0.15, -0.1) is 0 Å². The third-order valence-electron chi connectivity index (χ3n) is 9.16. The van der Waals surface area contributed by atoms with E-state index >= 15 is 0 Å². The number of carbonyl (C=O) groups is 1. The first kappa shape index (κ1) is 34.9. The molecule has 260 valence electrons. The molecule has 2 aliphatic heterocycles. The Morgan fingerprint density at radius 2 is 1.86 bits per heavy atom. The highest BCUT2D eigenvalue weighted by Gasteiger charge is 2.30. The van der Waals surface area contributed by atoms with Gasteiger partial charge in [-0.1, -0.05) is 29.8 Å². The van der Waals surface area contributed by atoms with Crippen LogP contribution in [0, 0.1) is 0 Å². The van der Waals surface area contributed by atoms with E-state index < -0.39 is 10.0 Å². The van der Waals surface area contributed by atoms with Crippen molar-refractivity contribution in [3.8, 4) is 28.1 Å². The average Bonchev–Trinajstić information content (AvgIpc) is 3.69. The number of nitrogens with one attached hydrogen (secondary N) is 2. The first-order valence-electron chi connectivity index (χ1n) is 16.6. The number of fused-ring (bicyclic) bond motifs is 1. The highest BCUT2D eigenvalue weighted by atomic mass is 35.5. The van der Waals surface area contributed by atoms with Crippen LogP contribution in [0.15, 0.2) is 66.7 Å². The SMILES string of the molecule is COc1ccc(NCCNC(=O)c2cccc(-c3cc(-c4nn(CCCN5CCC(O)C5)c5c4CN(S(C)(=O)=O)CC5)ccc3Cl)c2)cc1. The van der Waals surface area contributed by atoms with E-state index in [0.717, 1.165) is 71.0 Å². The van der Waals surface area contributed by atoms with Gasteiger partial charge in [0, 0.05) is 97.4 Å². The maximum atomic E-state index is 13.1. The first-order valence-corrected chi connectivity index (χ1v) is 18.8. The number of aliphatic hydroxyl groups is 1. The number of nitrogens with zero attached hydrogens (tertiary/aromatic N) is 4. The molecule has 1 unspecified atom stereocenters. The van der Waals surface area contributed by atoms with E-state index in [9.17, 15) is 18.3 Å². The molecule has 1 saturated heterocycles. The van der Waals surface area contributed by atoms with Crippen LogP contribution in [-0.4, -0.2) is 97.2 Å². The molecule has 1 aromatic heterocycles. The van der Waals surface area contributed by atoms with E-state index in [4.69, 9.17) is 21.4 Å². The summed E-state index contributed by atoms with van der Waals surface area (Å²) in [5.74, 6) is 0.589. The molecule has 1 amide bonds. The molecule has 1 atom stereocenters. The lowest BCUT2D eigenvalue weighted by atomic mass is 9.97. The van der Waals surface area contributed by atoms with Crippen LogP contribution in [0.5, 0.6) is 5.75 Å². The summed E-state index contributed by atoms with van der Waals surface area (Å²) in [4.78, 5) is 15.4. The molecule has 3 aromatic carbocycles. The van der Waals surface area contributed by atoms with Crippen LogP contribution in [0.2, 0.25) is 5.02 Å². The lowest BCUT2D eigenvalue weighted by Gasteiger charge is -2.26. The third kappa shape index (κ3) is 8.45. The first-order chi connectivity index (χ1) is 23.6. The van der Waals surface area contributed by atoms with E-state index in [-0.39, 0.29) is 18.6 Å². The fourth-order valence-corrected chi connectivity index (χ4v) is 7.55. The molecular weight excluding hydrogens is 664 g/mol. The van der Waals surface area contributed by atoms with Gasteiger partial charge in [0.25, 0.3) is 5.91 Å². The fraction of sp³-hybridized carbons (Fsp3) is 0.389. The summed E-state index contributed by atoms with van der Waals surface area (Å²) in [6.45, 7) is 4.81. The smallest absolute Gasteiger partial charge is 0.251 e. The van der Waals surface area contributed by atoms with Crippen LogP contribution in [0.1, 0.15) is 34.5 Å². The van der Waals surface area contributed by atoms with E-state index in [0.29, 0.717) is 49.7 Å². The number of halogens is 1. The molecule has 0 spiro atoms. The maximum absolute atomic E-state index is 13.1. The number of aromatic nitrogens is 2. The van der Waals surface area contributed by atoms with Crippen molar-refractivity contribution in [2.75, 3.05) is 58.0 Å². The second-order valence-electron chi connectivity index (χ2n) is 12.6. The Labute approximate surface area is 292 Å². The van der Waals surface area contributed by atoms with Crippen LogP contribution in [0.4, 0.5) is 5.69 Å². The molecule has 3 heterocycles. The fourth-order valence-electron chi connectivity index (χ4n) is 6.54. The quantitative estimate of drug-likeness (QED) is 0.174. The zero-order valence-electron chi connectivity index (χ0n) is 27.9. The normalized spacial score (nSPS) is 16.8. The topological polar surface area (TPSA) is 129 Å². The number of carbonyl (C=O) groups excluding carboxylic acids is 1. The standard InChI is InChI=1S/C36H43ClN6O5S/c1-48-30-10-8-28(9-11-30)38-15-16-39-36(45)27-6-3-5-25(21-27)31-22-26(7-12-33(31)37)35-32-24-42(49(2,46)47)20-14-34(32)43(40-35)18-4-17-41-19-13-29(44)23-41/h3,5-12,21-22,29,38,44H,4,13-20,23-24H2,1-2H3,(H,39,45). The number of methoxy groups -OCH3 is 1. The van der Waals surface area contributed by atoms with E-state index in [1.807, 2.05) is 65.3 Å². The minimum absolute atomic E-state index is 0.192. The number of β-amino-alcohol motifs (C(OH)–C–C–N with tert-alkyl or cyclic N) is 1. The van der Waals surface area contributed by atoms with Crippen LogP contribution < -0.4 is 15.4 Å². The van der Waals surface area contributed by atoms with E-state index in [2.05, 4.69) is 15.5 Å². The van der Waals surface area contributed by atoms with Crippen molar-refractivity contribution >= 4 is 33.2 Å². The summed E-state index contributed by atoms with van der Waals surface area (Å²) in [6, 6.07) is 20.7. The maximum Gasteiger partial charge on any atom is 0.251 e. The number of hydrogen-bond donors (Lipinski definition) is 3. The zero-order valence-corrected chi connectivity index (χ0v) is 29.4. The molecule has 3 N–H and O–H groups in total. The number of ether oxygens (including phenoxy) is 1. The number of hydrogen-bond acceptors (Lipinski definition) is 8. The Hall–Kier alpha value is -3.94. The third-order valence-corrected chi connectivity index (χ3v) is 10.7. The Morgan fingerprint density at radius 1 is 1.04 bits per heavy atom. The summed E-state index contributed by atoms with van der Waals surface area (Å²) >= 11 is 6.75. The molecule has 1 fully saturated rings. The van der Waals surface area contributed by atoms with Crippen molar-refractivity contribution in [2.45, 2.75) is 38.5 Å². The highest BCUT2D eigenvalue weighted by Crippen LogP contribution is 2.36. The van der Waals surface area contributed by atoms with Crippen LogP contribution in [0.3, 0.4) is 0 Å². The Morgan fingerprint density at radius 3 is 2.59 bits per heavy atom. The number of sulfonamides is 1. The van der Waals surface area contributed by atoms with Crippen LogP contribution >= 0.6 is 11.6 Å². The molecule has 0 bridgehead atoms. The molecule has 11 nitrogen and oxygen atoms in total. The van der Waals surface area contributed by atoms with Crippen LogP contribution in [-0.2, 0) is 29.5 Å². The van der Waals surface area contributed by atoms with E-state index in [1.165, 1.54) is 10.6 Å². The minimum atomic E-state index is -3.39. The summed E-state index contributed by atoms with van der Waals surface area (Å²) < 4.78 is 33.8. The summed E-state index contributed by atoms with van der Waals surface area (Å²) in [5, 5.41) is 21.7. The van der Waals surface area contributed by atoms with Gasteiger partial charge in [0.15, 0.2) is 0 Å². The molecule has 0 saturated carbocycles. The summed E-state index contributed by atoms with van der Waals surface area (Å²) in [5.41, 5.74) is 6.49. The highest BCUT2D eigenvalue weighted by molar-refractivity contribution is 7.88. The van der Waals surface area contributed by atoms with Crippen molar-refractivity contribution < 1.29 is 23.1 Å². The largest absolute Gasteiger partial charge is 0.497 e. The minimum Gasteiger partial charge on any atom is -0.497 e. The average molecular weight is 707 g/mol. The van der Waals surface area contributed by atoms with Gasteiger partial charge in [-0.05, 0) is 66.9 Å². The van der Waals surface area contributed by atoms with Gasteiger partial charge in [-0.3, -0.25) is 9.48 Å². The number of benzene rings is 3. The van der Waals surface area contributed by atoms with Crippen molar-refractivity contribution in [1.29, 1.82) is 0 Å². The molecule has 4 aromatic rings.